The number of amides is 1. The fourth-order valence-corrected chi connectivity index (χ4v) is 3.42. The molecular weight excluding hydrogens is 477 g/mol. The second kappa shape index (κ2) is 13.1. The number of rotatable bonds is 7. The molecule has 1 saturated heterocycles. The minimum absolute atomic E-state index is 0. The fraction of sp³-hybridized carbons (Fsp3) is 0.636. The summed E-state index contributed by atoms with van der Waals surface area (Å²) < 4.78 is 0. The molecule has 1 aromatic carbocycles. The van der Waals surface area contributed by atoms with Crippen molar-refractivity contribution < 1.29 is 4.79 Å². The van der Waals surface area contributed by atoms with Crippen LogP contribution in [0.15, 0.2) is 29.3 Å². The maximum Gasteiger partial charge on any atom is 0.234 e. The van der Waals surface area contributed by atoms with Crippen LogP contribution in [-0.4, -0.2) is 73.5 Å². The summed E-state index contributed by atoms with van der Waals surface area (Å²) in [6.07, 6.45) is 0. The Morgan fingerprint density at radius 3 is 2.45 bits per heavy atom. The van der Waals surface area contributed by atoms with Crippen LogP contribution >= 0.6 is 24.0 Å². The van der Waals surface area contributed by atoms with Crippen molar-refractivity contribution in [2.75, 3.05) is 45.8 Å². The first-order chi connectivity index (χ1) is 13.4. The Labute approximate surface area is 193 Å². The van der Waals surface area contributed by atoms with Crippen LogP contribution in [0, 0.1) is 6.92 Å². The number of nitrogens with zero attached hydrogens (tertiary/aromatic N) is 3. The zero-order valence-corrected chi connectivity index (χ0v) is 20.9. The Kier molecular flexibility index (Phi) is 11.6. The van der Waals surface area contributed by atoms with E-state index in [4.69, 9.17) is 4.99 Å². The first-order valence-electron chi connectivity index (χ1n) is 10.5. The van der Waals surface area contributed by atoms with Gasteiger partial charge in [-0.1, -0.05) is 36.8 Å². The number of hydrogen-bond donors (Lipinski definition) is 2. The van der Waals surface area contributed by atoms with Gasteiger partial charge in [-0.3, -0.25) is 14.7 Å². The number of guanidine groups is 1. The molecule has 1 fully saturated rings. The molecule has 164 valence electrons. The van der Waals surface area contributed by atoms with Crippen LogP contribution in [0.5, 0.6) is 0 Å². The first kappa shape index (κ1) is 25.7. The van der Waals surface area contributed by atoms with Crippen molar-refractivity contribution in [1.82, 2.24) is 20.4 Å². The second-order valence-electron chi connectivity index (χ2n) is 8.00. The molecule has 1 aromatic rings. The van der Waals surface area contributed by atoms with Crippen LogP contribution in [-0.2, 0) is 4.79 Å². The highest BCUT2D eigenvalue weighted by molar-refractivity contribution is 14.0. The Morgan fingerprint density at radius 1 is 1.17 bits per heavy atom. The van der Waals surface area contributed by atoms with Gasteiger partial charge in [0.1, 0.15) is 0 Å². The minimum atomic E-state index is 0. The first-order valence-corrected chi connectivity index (χ1v) is 10.5. The number of benzene rings is 1. The van der Waals surface area contributed by atoms with Crippen molar-refractivity contribution in [3.63, 3.8) is 0 Å². The molecule has 2 N–H and O–H groups in total. The molecule has 1 heterocycles. The van der Waals surface area contributed by atoms with Gasteiger partial charge in [0.25, 0.3) is 0 Å². The number of carbonyl (C=O) groups excluding carboxylic acids is 1. The van der Waals surface area contributed by atoms with E-state index in [0.29, 0.717) is 12.5 Å². The van der Waals surface area contributed by atoms with E-state index in [9.17, 15) is 4.79 Å². The van der Waals surface area contributed by atoms with Crippen molar-refractivity contribution in [2.24, 2.45) is 4.99 Å². The molecule has 1 unspecified atom stereocenters. The van der Waals surface area contributed by atoms with Crippen molar-refractivity contribution >= 4 is 35.8 Å². The largest absolute Gasteiger partial charge is 0.357 e. The molecule has 2 rings (SSSR count). The summed E-state index contributed by atoms with van der Waals surface area (Å²) >= 11 is 0. The second-order valence-corrected chi connectivity index (χ2v) is 8.00. The van der Waals surface area contributed by atoms with E-state index in [0.717, 1.165) is 45.2 Å². The van der Waals surface area contributed by atoms with Crippen LogP contribution in [0.2, 0.25) is 0 Å². The highest BCUT2D eigenvalue weighted by atomic mass is 127. The number of hydrogen-bond acceptors (Lipinski definition) is 3. The lowest BCUT2D eigenvalue weighted by molar-refractivity contribution is -0.123. The topological polar surface area (TPSA) is 60.0 Å². The highest BCUT2D eigenvalue weighted by Gasteiger charge is 2.21. The zero-order chi connectivity index (χ0) is 20.5. The molecule has 1 aliphatic heterocycles. The molecule has 1 atom stereocenters. The predicted molar refractivity (Wildman–Crippen MR) is 132 cm³/mol. The fourth-order valence-electron chi connectivity index (χ4n) is 3.42. The predicted octanol–water partition coefficient (Wildman–Crippen LogP) is 2.82. The summed E-state index contributed by atoms with van der Waals surface area (Å²) in [5, 5.41) is 6.40. The molecule has 0 spiro atoms. The SMILES string of the molecule is CCNC(=NCC(C)c1cccc(C)c1)N1CCN(CC(=O)NC(C)C)CC1.I. The molecule has 0 radical (unpaired) electrons. The third kappa shape index (κ3) is 8.90. The monoisotopic (exact) mass is 515 g/mol. The standard InChI is InChI=1S/C22H37N5O.HI/c1-6-23-22(24-15-19(5)20-9-7-8-18(4)14-20)27-12-10-26(11-13-27)16-21(28)25-17(2)3;/h7-9,14,17,19H,6,10-13,15-16H2,1-5H3,(H,23,24)(H,25,28);1H. The molecule has 0 saturated carbocycles. The lowest BCUT2D eigenvalue weighted by Gasteiger charge is -2.36. The van der Waals surface area contributed by atoms with Crippen LogP contribution in [0.1, 0.15) is 44.7 Å². The van der Waals surface area contributed by atoms with E-state index in [2.05, 4.69) is 65.5 Å². The average Bonchev–Trinajstić information content (AvgIpc) is 2.65. The molecule has 7 heteroatoms. The summed E-state index contributed by atoms with van der Waals surface area (Å²) in [7, 11) is 0. The van der Waals surface area contributed by atoms with Crippen LogP contribution < -0.4 is 10.6 Å². The molecule has 0 aliphatic carbocycles. The molecule has 1 amide bonds. The maximum atomic E-state index is 12.0. The van der Waals surface area contributed by atoms with Gasteiger partial charge in [-0.25, -0.2) is 0 Å². The zero-order valence-electron chi connectivity index (χ0n) is 18.6. The lowest BCUT2D eigenvalue weighted by atomic mass is 10.00. The van der Waals surface area contributed by atoms with Crippen molar-refractivity contribution in [2.45, 2.75) is 46.6 Å². The van der Waals surface area contributed by atoms with Gasteiger partial charge < -0.3 is 15.5 Å². The van der Waals surface area contributed by atoms with Crippen molar-refractivity contribution in [3.05, 3.63) is 35.4 Å². The Balaban J connectivity index is 0.00000420. The number of nitrogens with one attached hydrogen (secondary N) is 2. The van der Waals surface area contributed by atoms with Gasteiger partial charge in [0.2, 0.25) is 5.91 Å². The summed E-state index contributed by atoms with van der Waals surface area (Å²) in [5.41, 5.74) is 2.62. The van der Waals surface area contributed by atoms with E-state index >= 15 is 0 Å². The van der Waals surface area contributed by atoms with E-state index in [1.807, 2.05) is 13.8 Å². The quantitative estimate of drug-likeness (QED) is 0.333. The van der Waals surface area contributed by atoms with Crippen LogP contribution in [0.3, 0.4) is 0 Å². The van der Waals surface area contributed by atoms with Gasteiger partial charge in [0.15, 0.2) is 5.96 Å². The van der Waals surface area contributed by atoms with Gasteiger partial charge >= 0.3 is 0 Å². The molecule has 29 heavy (non-hydrogen) atoms. The summed E-state index contributed by atoms with van der Waals surface area (Å²) in [6.45, 7) is 16.1. The molecule has 6 nitrogen and oxygen atoms in total. The summed E-state index contributed by atoms with van der Waals surface area (Å²) in [4.78, 5) is 21.4. The molecule has 1 aliphatic rings. The maximum absolute atomic E-state index is 12.0. The van der Waals surface area contributed by atoms with Gasteiger partial charge in [0.05, 0.1) is 6.54 Å². The molecule has 0 bridgehead atoms. The van der Waals surface area contributed by atoms with Crippen molar-refractivity contribution in [3.8, 4) is 0 Å². The third-order valence-electron chi connectivity index (χ3n) is 4.95. The number of carbonyl (C=O) groups is 1. The van der Waals surface area contributed by atoms with E-state index in [1.54, 1.807) is 0 Å². The Bertz CT molecular complexity index is 656. The van der Waals surface area contributed by atoms with E-state index in [1.165, 1.54) is 11.1 Å². The van der Waals surface area contributed by atoms with E-state index < -0.39 is 0 Å². The summed E-state index contributed by atoms with van der Waals surface area (Å²) in [5.74, 6) is 1.47. The minimum Gasteiger partial charge on any atom is -0.357 e. The normalized spacial score (nSPS) is 16.3. The third-order valence-corrected chi connectivity index (χ3v) is 4.95. The lowest BCUT2D eigenvalue weighted by Crippen LogP contribution is -2.54. The van der Waals surface area contributed by atoms with E-state index in [-0.39, 0.29) is 35.9 Å². The van der Waals surface area contributed by atoms with Crippen molar-refractivity contribution in [1.29, 1.82) is 0 Å². The van der Waals surface area contributed by atoms with Gasteiger partial charge in [-0.05, 0) is 33.3 Å². The van der Waals surface area contributed by atoms with Crippen LogP contribution in [0.4, 0.5) is 0 Å². The molecular formula is C22H38IN5O. The van der Waals surface area contributed by atoms with Gasteiger partial charge in [0, 0.05) is 51.2 Å². The van der Waals surface area contributed by atoms with Crippen LogP contribution in [0.25, 0.3) is 0 Å². The summed E-state index contributed by atoms with van der Waals surface area (Å²) in [6, 6.07) is 8.86. The smallest absolute Gasteiger partial charge is 0.234 e. The number of aliphatic imine (C=N–C) groups is 1. The number of aryl methyl sites for hydroxylation is 1. The Hall–Kier alpha value is -1.35. The van der Waals surface area contributed by atoms with Gasteiger partial charge in [-0.2, -0.15) is 0 Å². The number of piperazine rings is 1. The Morgan fingerprint density at radius 2 is 1.86 bits per heavy atom. The molecule has 0 aromatic heterocycles. The average molecular weight is 515 g/mol. The van der Waals surface area contributed by atoms with Gasteiger partial charge in [-0.15, -0.1) is 24.0 Å². The highest BCUT2D eigenvalue weighted by Crippen LogP contribution is 2.17. The number of halogens is 1.